The normalized spacial score (nSPS) is 9.56. The second kappa shape index (κ2) is 2.19. The van der Waals surface area contributed by atoms with E-state index < -0.39 is 0 Å². The monoisotopic (exact) mass is 144 g/mol. The first-order chi connectivity index (χ1) is 4.22. The molecule has 0 bridgehead atoms. The van der Waals surface area contributed by atoms with Crippen molar-refractivity contribution in [1.29, 1.82) is 0 Å². The summed E-state index contributed by atoms with van der Waals surface area (Å²) >= 11 is 5.47. The number of hydrogen-bond acceptors (Lipinski definition) is 2. The molecule has 0 aromatic carbocycles. The highest BCUT2D eigenvalue weighted by Crippen LogP contribution is 1.94. The van der Waals surface area contributed by atoms with Gasteiger partial charge in [0.15, 0.2) is 0 Å². The summed E-state index contributed by atoms with van der Waals surface area (Å²) in [7, 11) is 1.57. The van der Waals surface area contributed by atoms with E-state index in [0.29, 0.717) is 0 Å². The Morgan fingerprint density at radius 2 is 2.44 bits per heavy atom. The Morgan fingerprint density at radius 1 is 1.78 bits per heavy atom. The van der Waals surface area contributed by atoms with E-state index in [4.69, 9.17) is 11.6 Å². The van der Waals surface area contributed by atoms with Crippen LogP contribution in [0.2, 0.25) is 5.28 Å². The Balaban J connectivity index is 3.43. The highest BCUT2D eigenvalue weighted by atomic mass is 35.5. The first-order valence-corrected chi connectivity index (χ1v) is 2.77. The molecule has 0 aliphatic heterocycles. The quantitative estimate of drug-likeness (QED) is 0.495. The minimum atomic E-state index is -0.144. The zero-order valence-corrected chi connectivity index (χ0v) is 5.59. The molecule has 0 N–H and O–H groups in total. The van der Waals surface area contributed by atoms with Crippen molar-refractivity contribution in [3.8, 4) is 0 Å². The van der Waals surface area contributed by atoms with E-state index in [-0.39, 0.29) is 10.8 Å². The fourth-order valence-electron chi connectivity index (χ4n) is 0.452. The third kappa shape index (κ3) is 1.10. The molecule has 0 unspecified atom stereocenters. The molecule has 0 aliphatic rings. The zero-order chi connectivity index (χ0) is 6.85. The third-order valence-electron chi connectivity index (χ3n) is 1.01. The maximum Gasteiger partial charge on any atom is 0.254 e. The van der Waals surface area contributed by atoms with E-state index >= 15 is 0 Å². The molecule has 3 nitrogen and oxygen atoms in total. The summed E-state index contributed by atoms with van der Waals surface area (Å²) in [5.41, 5.74) is -0.144. The molecule has 0 amide bonds. The van der Waals surface area contributed by atoms with Crippen LogP contribution in [0.15, 0.2) is 17.1 Å². The largest absolute Gasteiger partial charge is 0.286 e. The fourth-order valence-corrected chi connectivity index (χ4v) is 0.592. The fraction of sp³-hybridized carbons (Fsp3) is 0.200. The van der Waals surface area contributed by atoms with Crippen molar-refractivity contribution in [1.82, 2.24) is 9.55 Å². The van der Waals surface area contributed by atoms with Crippen LogP contribution < -0.4 is 5.56 Å². The Morgan fingerprint density at radius 3 is 2.89 bits per heavy atom. The molecule has 0 aliphatic carbocycles. The van der Waals surface area contributed by atoms with E-state index in [1.54, 1.807) is 7.05 Å². The maximum atomic E-state index is 10.7. The molecule has 0 spiro atoms. The summed E-state index contributed by atoms with van der Waals surface area (Å²) in [6, 6.07) is 1.35. The van der Waals surface area contributed by atoms with Crippen LogP contribution in [0.5, 0.6) is 0 Å². The number of halogens is 1. The van der Waals surface area contributed by atoms with Crippen molar-refractivity contribution in [3.05, 3.63) is 27.9 Å². The van der Waals surface area contributed by atoms with Crippen molar-refractivity contribution < 1.29 is 0 Å². The van der Waals surface area contributed by atoms with Crippen molar-refractivity contribution in [3.63, 3.8) is 0 Å². The summed E-state index contributed by atoms with van der Waals surface area (Å²) in [4.78, 5) is 14.3. The molecule has 48 valence electrons. The van der Waals surface area contributed by atoms with Crippen LogP contribution in [0.4, 0.5) is 0 Å². The standard InChI is InChI=1S/C5H5ClN2O/c1-8-4(9)2-3-7-5(8)6/h2-3H,1H3. The molecular weight excluding hydrogens is 140 g/mol. The van der Waals surface area contributed by atoms with E-state index in [9.17, 15) is 4.79 Å². The number of rotatable bonds is 0. The third-order valence-corrected chi connectivity index (χ3v) is 1.36. The second-order valence-electron chi connectivity index (χ2n) is 1.61. The lowest BCUT2D eigenvalue weighted by molar-refractivity contribution is 0.826. The van der Waals surface area contributed by atoms with Gasteiger partial charge in [-0.1, -0.05) is 0 Å². The Labute approximate surface area is 56.9 Å². The first kappa shape index (κ1) is 6.29. The molecule has 9 heavy (non-hydrogen) atoms. The van der Waals surface area contributed by atoms with Gasteiger partial charge in [-0.2, -0.15) is 0 Å². The lowest BCUT2D eigenvalue weighted by Crippen LogP contribution is -2.15. The van der Waals surface area contributed by atoms with Crippen molar-refractivity contribution >= 4 is 11.6 Å². The number of aromatic nitrogens is 2. The van der Waals surface area contributed by atoms with Crippen molar-refractivity contribution in [2.24, 2.45) is 7.05 Å². The average Bonchev–Trinajstić information content (AvgIpc) is 1.83. The molecule has 1 aromatic heterocycles. The van der Waals surface area contributed by atoms with Crippen LogP contribution in [0, 0.1) is 0 Å². The van der Waals surface area contributed by atoms with E-state index in [1.807, 2.05) is 0 Å². The molecule has 1 heterocycles. The topological polar surface area (TPSA) is 34.9 Å². The SMILES string of the molecule is Cn1c(Cl)nccc1=O. The van der Waals surface area contributed by atoms with Gasteiger partial charge in [0.2, 0.25) is 5.28 Å². The van der Waals surface area contributed by atoms with Crippen molar-refractivity contribution in [2.75, 3.05) is 0 Å². The van der Waals surface area contributed by atoms with Gasteiger partial charge in [-0.05, 0) is 11.6 Å². The Hall–Kier alpha value is -0.830. The van der Waals surface area contributed by atoms with Gasteiger partial charge in [-0.25, -0.2) is 4.98 Å². The molecule has 0 fully saturated rings. The Bertz CT molecular complexity index is 268. The van der Waals surface area contributed by atoms with Crippen LogP contribution in [0.25, 0.3) is 0 Å². The smallest absolute Gasteiger partial charge is 0.254 e. The lowest BCUT2D eigenvalue weighted by atomic mass is 10.6. The average molecular weight is 145 g/mol. The van der Waals surface area contributed by atoms with Gasteiger partial charge in [0, 0.05) is 19.3 Å². The molecule has 0 saturated heterocycles. The molecular formula is C5H5ClN2O. The van der Waals surface area contributed by atoms with E-state index in [2.05, 4.69) is 4.98 Å². The minimum Gasteiger partial charge on any atom is -0.286 e. The summed E-state index contributed by atoms with van der Waals surface area (Å²) < 4.78 is 1.27. The van der Waals surface area contributed by atoms with Crippen LogP contribution in [0.1, 0.15) is 0 Å². The number of nitrogens with zero attached hydrogens (tertiary/aromatic N) is 2. The van der Waals surface area contributed by atoms with Gasteiger partial charge in [-0.3, -0.25) is 9.36 Å². The molecule has 0 atom stereocenters. The van der Waals surface area contributed by atoms with Gasteiger partial charge in [0.1, 0.15) is 0 Å². The highest BCUT2D eigenvalue weighted by molar-refractivity contribution is 6.28. The summed E-state index contributed by atoms with van der Waals surface area (Å²) in [5, 5.41) is 0.211. The molecule has 0 radical (unpaired) electrons. The van der Waals surface area contributed by atoms with Gasteiger partial charge in [0.05, 0.1) is 0 Å². The number of hydrogen-bond donors (Lipinski definition) is 0. The van der Waals surface area contributed by atoms with E-state index in [1.165, 1.54) is 16.8 Å². The van der Waals surface area contributed by atoms with Crippen LogP contribution in [0.3, 0.4) is 0 Å². The highest BCUT2D eigenvalue weighted by Gasteiger charge is 1.92. The molecule has 4 heteroatoms. The summed E-state index contributed by atoms with van der Waals surface area (Å²) in [6.45, 7) is 0. The molecule has 0 saturated carbocycles. The predicted octanol–water partition coefficient (Wildman–Crippen LogP) is 0.434. The van der Waals surface area contributed by atoms with Gasteiger partial charge >= 0.3 is 0 Å². The maximum absolute atomic E-state index is 10.7. The zero-order valence-electron chi connectivity index (χ0n) is 4.84. The minimum absolute atomic E-state index is 0.144. The van der Waals surface area contributed by atoms with Gasteiger partial charge < -0.3 is 0 Å². The van der Waals surface area contributed by atoms with E-state index in [0.717, 1.165) is 0 Å². The molecule has 1 aromatic rings. The molecule has 1 rings (SSSR count). The van der Waals surface area contributed by atoms with Gasteiger partial charge in [0.25, 0.3) is 5.56 Å². The summed E-state index contributed by atoms with van der Waals surface area (Å²) in [6.07, 6.45) is 1.38. The second-order valence-corrected chi connectivity index (χ2v) is 1.95. The van der Waals surface area contributed by atoms with Crippen molar-refractivity contribution in [2.45, 2.75) is 0 Å². The predicted molar refractivity (Wildman–Crippen MR) is 34.5 cm³/mol. The lowest BCUT2D eigenvalue weighted by Gasteiger charge is -1.94. The van der Waals surface area contributed by atoms with Crippen LogP contribution in [-0.4, -0.2) is 9.55 Å². The van der Waals surface area contributed by atoms with Crippen LogP contribution >= 0.6 is 11.6 Å². The summed E-state index contributed by atoms with van der Waals surface area (Å²) in [5.74, 6) is 0. The first-order valence-electron chi connectivity index (χ1n) is 2.39. The van der Waals surface area contributed by atoms with Gasteiger partial charge in [-0.15, -0.1) is 0 Å². The Kier molecular flexibility index (Phi) is 1.53. The van der Waals surface area contributed by atoms with Crippen LogP contribution in [-0.2, 0) is 7.05 Å².